The monoisotopic (exact) mass is 184 g/mol. The van der Waals surface area contributed by atoms with Gasteiger partial charge in [0.1, 0.15) is 12.0 Å². The minimum atomic E-state index is -1.97. The Balaban J connectivity index is 2.71. The first kappa shape index (κ1) is 9.69. The highest BCUT2D eigenvalue weighted by Gasteiger charge is 2.18. The van der Waals surface area contributed by atoms with Crippen LogP contribution in [0.25, 0.3) is 0 Å². The minimum Gasteiger partial charge on any atom is -0.510 e. The van der Waals surface area contributed by atoms with Gasteiger partial charge in [0.15, 0.2) is 0 Å². The molecule has 0 amide bonds. The lowest BCUT2D eigenvalue weighted by Crippen LogP contribution is -2.22. The summed E-state index contributed by atoms with van der Waals surface area (Å²) in [6, 6.07) is 5.87. The van der Waals surface area contributed by atoms with Gasteiger partial charge in [0.2, 0.25) is 0 Å². The number of carbonyl (C=O) groups is 1. The second-order valence-electron chi connectivity index (χ2n) is 2.20. The SMILES string of the molecule is O=Cc1cccc(OB(O)OF)c1. The van der Waals surface area contributed by atoms with Gasteiger partial charge in [-0.1, -0.05) is 16.7 Å². The van der Waals surface area contributed by atoms with Gasteiger partial charge in [0, 0.05) is 5.56 Å². The van der Waals surface area contributed by atoms with E-state index in [1.165, 1.54) is 18.2 Å². The van der Waals surface area contributed by atoms with Crippen LogP contribution in [-0.2, 0) is 4.86 Å². The Kier molecular flexibility index (Phi) is 3.42. The van der Waals surface area contributed by atoms with Crippen LogP contribution in [0.2, 0.25) is 0 Å². The molecule has 0 radical (unpaired) electrons. The molecule has 13 heavy (non-hydrogen) atoms. The average Bonchev–Trinajstić information content (AvgIpc) is 2.18. The molecule has 0 saturated heterocycles. The molecule has 0 aliphatic heterocycles. The fraction of sp³-hybridized carbons (Fsp3) is 0. The molecule has 0 bridgehead atoms. The number of carbonyl (C=O) groups excluding carboxylic acids is 1. The van der Waals surface area contributed by atoms with Crippen LogP contribution < -0.4 is 4.65 Å². The molecule has 6 heteroatoms. The zero-order valence-electron chi connectivity index (χ0n) is 6.51. The molecule has 1 aromatic carbocycles. The summed E-state index contributed by atoms with van der Waals surface area (Å²) in [5.74, 6) is 0.148. The summed E-state index contributed by atoms with van der Waals surface area (Å²) in [5.41, 5.74) is 0.364. The van der Waals surface area contributed by atoms with E-state index in [-0.39, 0.29) is 5.75 Å². The van der Waals surface area contributed by atoms with Crippen LogP contribution in [0.15, 0.2) is 24.3 Å². The summed E-state index contributed by atoms with van der Waals surface area (Å²) in [7, 11) is -1.97. The fourth-order valence-electron chi connectivity index (χ4n) is 0.796. The lowest BCUT2D eigenvalue weighted by molar-refractivity contribution is -0.0527. The zero-order chi connectivity index (χ0) is 9.68. The van der Waals surface area contributed by atoms with E-state index in [4.69, 9.17) is 5.02 Å². The number of hydrogen-bond donors (Lipinski definition) is 1. The third kappa shape index (κ3) is 2.85. The normalized spacial score (nSPS) is 9.38. The van der Waals surface area contributed by atoms with Crippen LogP contribution in [-0.4, -0.2) is 18.6 Å². The van der Waals surface area contributed by atoms with Gasteiger partial charge >= 0.3 is 7.32 Å². The Morgan fingerprint density at radius 2 is 2.31 bits per heavy atom. The van der Waals surface area contributed by atoms with Crippen molar-refractivity contribution in [3.63, 3.8) is 0 Å². The Morgan fingerprint density at radius 1 is 1.54 bits per heavy atom. The Hall–Kier alpha value is -1.40. The predicted molar refractivity (Wildman–Crippen MR) is 42.6 cm³/mol. The molecule has 4 nitrogen and oxygen atoms in total. The quantitative estimate of drug-likeness (QED) is 0.554. The van der Waals surface area contributed by atoms with E-state index in [0.29, 0.717) is 11.8 Å². The first-order valence-electron chi connectivity index (χ1n) is 3.43. The van der Waals surface area contributed by atoms with E-state index in [2.05, 4.69) is 9.51 Å². The number of hydrogen-bond acceptors (Lipinski definition) is 4. The van der Waals surface area contributed by atoms with E-state index >= 15 is 0 Å². The van der Waals surface area contributed by atoms with Crippen molar-refractivity contribution < 1.29 is 23.9 Å². The maximum absolute atomic E-state index is 11.3. The van der Waals surface area contributed by atoms with Gasteiger partial charge in [-0.3, -0.25) is 4.79 Å². The number of halogens is 1. The molecule has 1 N–H and O–H groups in total. The molecule has 0 heterocycles. The van der Waals surface area contributed by atoms with Crippen LogP contribution in [0.1, 0.15) is 10.4 Å². The van der Waals surface area contributed by atoms with Gasteiger partial charge in [-0.2, -0.15) is 4.86 Å². The molecular formula is C7H6BFO4. The first-order chi connectivity index (χ1) is 6.26. The summed E-state index contributed by atoms with van der Waals surface area (Å²) in [6.45, 7) is 0. The topological polar surface area (TPSA) is 55.8 Å². The number of rotatable bonds is 4. The molecule has 68 valence electrons. The van der Waals surface area contributed by atoms with Crippen molar-refractivity contribution in [2.75, 3.05) is 0 Å². The molecule has 1 rings (SSSR count). The van der Waals surface area contributed by atoms with E-state index in [1.54, 1.807) is 6.07 Å². The highest BCUT2D eigenvalue weighted by molar-refractivity contribution is 6.35. The van der Waals surface area contributed by atoms with Crippen molar-refractivity contribution in [1.29, 1.82) is 0 Å². The van der Waals surface area contributed by atoms with Crippen molar-refractivity contribution in [3.8, 4) is 5.75 Å². The fourth-order valence-corrected chi connectivity index (χ4v) is 0.796. The van der Waals surface area contributed by atoms with Gasteiger partial charge in [-0.05, 0) is 12.1 Å². The van der Waals surface area contributed by atoms with Crippen LogP contribution in [0, 0.1) is 0 Å². The molecule has 1 aromatic rings. The lowest BCUT2D eigenvalue weighted by Gasteiger charge is -2.04. The lowest BCUT2D eigenvalue weighted by atomic mass is 10.2. The molecule has 0 fully saturated rings. The van der Waals surface area contributed by atoms with E-state index < -0.39 is 7.32 Å². The van der Waals surface area contributed by atoms with E-state index in [0.717, 1.165) is 0 Å². The van der Waals surface area contributed by atoms with Crippen molar-refractivity contribution in [2.24, 2.45) is 0 Å². The summed E-state index contributed by atoms with van der Waals surface area (Å²) in [5, 5.41) is 8.57. The van der Waals surface area contributed by atoms with Gasteiger partial charge < -0.3 is 9.68 Å². The van der Waals surface area contributed by atoms with Crippen molar-refractivity contribution in [2.45, 2.75) is 0 Å². The van der Waals surface area contributed by atoms with Gasteiger partial charge in [-0.25, -0.2) is 0 Å². The summed E-state index contributed by atoms with van der Waals surface area (Å²) >= 11 is 0. The van der Waals surface area contributed by atoms with Crippen molar-refractivity contribution in [1.82, 2.24) is 0 Å². The van der Waals surface area contributed by atoms with Gasteiger partial charge in [0.05, 0.1) is 0 Å². The molecule has 0 aromatic heterocycles. The third-order valence-corrected chi connectivity index (χ3v) is 1.31. The van der Waals surface area contributed by atoms with Crippen LogP contribution in [0.4, 0.5) is 4.53 Å². The predicted octanol–water partition coefficient (Wildman–Crippen LogP) is 0.756. The van der Waals surface area contributed by atoms with Crippen LogP contribution in [0.5, 0.6) is 5.75 Å². The van der Waals surface area contributed by atoms with Crippen molar-refractivity contribution in [3.05, 3.63) is 29.8 Å². The van der Waals surface area contributed by atoms with Gasteiger partial charge in [0.25, 0.3) is 0 Å². The zero-order valence-corrected chi connectivity index (χ0v) is 6.51. The Morgan fingerprint density at radius 3 is 2.92 bits per heavy atom. The molecule has 0 atom stereocenters. The number of benzene rings is 1. The largest absolute Gasteiger partial charge is 0.743 e. The summed E-state index contributed by atoms with van der Waals surface area (Å²) < 4.78 is 15.8. The van der Waals surface area contributed by atoms with Crippen LogP contribution >= 0.6 is 0 Å². The second-order valence-corrected chi connectivity index (χ2v) is 2.20. The Bertz CT molecular complexity index is 294. The van der Waals surface area contributed by atoms with E-state index in [9.17, 15) is 9.32 Å². The average molecular weight is 184 g/mol. The van der Waals surface area contributed by atoms with Crippen molar-refractivity contribution >= 4 is 13.6 Å². The first-order valence-corrected chi connectivity index (χ1v) is 3.43. The molecule has 0 spiro atoms. The minimum absolute atomic E-state index is 0.148. The van der Waals surface area contributed by atoms with Gasteiger partial charge in [-0.15, -0.1) is 0 Å². The smallest absolute Gasteiger partial charge is 0.510 e. The maximum atomic E-state index is 11.3. The highest BCUT2D eigenvalue weighted by Crippen LogP contribution is 2.12. The highest BCUT2D eigenvalue weighted by atomic mass is 19.3. The summed E-state index contributed by atoms with van der Waals surface area (Å²) in [6.07, 6.45) is 0.607. The molecule has 0 aliphatic rings. The molecule has 0 saturated carbocycles. The van der Waals surface area contributed by atoms with E-state index in [1.807, 2.05) is 0 Å². The van der Waals surface area contributed by atoms with Crippen LogP contribution in [0.3, 0.4) is 0 Å². The number of aldehydes is 1. The summed E-state index contributed by atoms with van der Waals surface area (Å²) in [4.78, 5) is 13.3. The molecule has 0 unspecified atom stereocenters. The third-order valence-electron chi connectivity index (χ3n) is 1.31. The Labute approximate surface area is 74.0 Å². The maximum Gasteiger partial charge on any atom is 0.743 e. The molecule has 0 aliphatic carbocycles. The molecular weight excluding hydrogens is 178 g/mol. The standard InChI is InChI=1S/C7H6BFO4/c9-13-8(11)12-7-3-1-2-6(4-7)5-10/h1-5,11H. The second kappa shape index (κ2) is 4.59.